The molecule has 8 N–H and O–H groups in total. The minimum atomic E-state index is -4.20. The second-order valence-electron chi connectivity index (χ2n) is 8.02. The van der Waals surface area contributed by atoms with Crippen molar-refractivity contribution in [1.82, 2.24) is 0 Å². The van der Waals surface area contributed by atoms with Gasteiger partial charge in [0.1, 0.15) is 11.5 Å². The number of nitrogens with one attached hydrogen (secondary N) is 2. The molecule has 0 aliphatic carbocycles. The first-order valence-corrected chi connectivity index (χ1v) is 12.3. The van der Waals surface area contributed by atoms with E-state index in [1.165, 1.54) is 36.4 Å². The molecule has 0 aliphatic heterocycles. The first-order chi connectivity index (χ1) is 17.5. The number of phenols is 2. The fraction of sp³-hybridized carbons (Fsp3) is 0. The molecule has 4 rings (SSSR count). The largest absolute Gasteiger partial charge is 0.506 e. The SMILES string of the molecule is Nc1cccc(C(=O)Nc2cc(S(=O)(=O)c3ccc(O)c(NC(=O)c4cccc(N)c4)c3)ccc2O)c1. The van der Waals surface area contributed by atoms with E-state index in [4.69, 9.17) is 11.5 Å². The molecular weight excluding hydrogens is 496 g/mol. The lowest BCUT2D eigenvalue weighted by atomic mass is 10.2. The summed E-state index contributed by atoms with van der Waals surface area (Å²) >= 11 is 0. The van der Waals surface area contributed by atoms with E-state index >= 15 is 0 Å². The van der Waals surface area contributed by atoms with Crippen molar-refractivity contribution < 1.29 is 28.2 Å². The highest BCUT2D eigenvalue weighted by Crippen LogP contribution is 2.33. The molecule has 4 aromatic rings. The fourth-order valence-electron chi connectivity index (χ4n) is 3.45. The Balaban J connectivity index is 1.63. The second-order valence-corrected chi connectivity index (χ2v) is 9.97. The molecule has 0 bridgehead atoms. The van der Waals surface area contributed by atoms with Crippen LogP contribution in [0.3, 0.4) is 0 Å². The number of hydrogen-bond donors (Lipinski definition) is 6. The van der Waals surface area contributed by atoms with Crippen LogP contribution >= 0.6 is 0 Å². The van der Waals surface area contributed by atoms with Crippen LogP contribution in [-0.4, -0.2) is 30.4 Å². The highest BCUT2D eigenvalue weighted by atomic mass is 32.2. The van der Waals surface area contributed by atoms with E-state index in [9.17, 15) is 28.2 Å². The lowest BCUT2D eigenvalue weighted by Gasteiger charge is -2.13. The highest BCUT2D eigenvalue weighted by molar-refractivity contribution is 7.91. The van der Waals surface area contributed by atoms with Gasteiger partial charge in [0.25, 0.3) is 11.8 Å². The van der Waals surface area contributed by atoms with Gasteiger partial charge in [-0.05, 0) is 72.8 Å². The topological polar surface area (TPSA) is 185 Å². The van der Waals surface area contributed by atoms with Gasteiger partial charge in [-0.3, -0.25) is 9.59 Å². The smallest absolute Gasteiger partial charge is 0.255 e. The Morgan fingerprint density at radius 3 is 1.41 bits per heavy atom. The van der Waals surface area contributed by atoms with Crippen LogP contribution in [0, 0.1) is 0 Å². The van der Waals surface area contributed by atoms with E-state index in [0.29, 0.717) is 11.4 Å². The number of phenolic OH excluding ortho intramolecular Hbond substituents is 2. The third-order valence-electron chi connectivity index (χ3n) is 5.35. The molecule has 0 spiro atoms. The minimum absolute atomic E-state index is 0.137. The van der Waals surface area contributed by atoms with Crippen molar-refractivity contribution in [3.05, 3.63) is 96.1 Å². The lowest BCUT2D eigenvalue weighted by molar-refractivity contribution is 0.101. The molecule has 0 saturated heterocycles. The van der Waals surface area contributed by atoms with Crippen LogP contribution in [0.1, 0.15) is 20.7 Å². The number of aromatic hydroxyl groups is 2. The molecule has 0 fully saturated rings. The summed E-state index contributed by atoms with van der Waals surface area (Å²) in [5, 5.41) is 25.4. The monoisotopic (exact) mass is 518 g/mol. The van der Waals surface area contributed by atoms with Crippen LogP contribution in [-0.2, 0) is 9.84 Å². The van der Waals surface area contributed by atoms with E-state index < -0.39 is 21.7 Å². The van der Waals surface area contributed by atoms with E-state index in [1.807, 2.05) is 0 Å². The summed E-state index contributed by atoms with van der Waals surface area (Å²) in [6.45, 7) is 0. The number of anilines is 4. The molecule has 0 unspecified atom stereocenters. The zero-order valence-corrected chi connectivity index (χ0v) is 20.0. The third-order valence-corrected chi connectivity index (χ3v) is 7.10. The van der Waals surface area contributed by atoms with Gasteiger partial charge in [0.2, 0.25) is 9.84 Å². The summed E-state index contributed by atoms with van der Waals surface area (Å²) in [7, 11) is -4.20. The molecule has 11 heteroatoms. The van der Waals surface area contributed by atoms with Crippen LogP contribution in [0.5, 0.6) is 11.5 Å². The van der Waals surface area contributed by atoms with Crippen molar-refractivity contribution in [3.8, 4) is 11.5 Å². The lowest BCUT2D eigenvalue weighted by Crippen LogP contribution is -2.14. The van der Waals surface area contributed by atoms with Crippen LogP contribution in [0.15, 0.2) is 94.7 Å². The van der Waals surface area contributed by atoms with E-state index in [2.05, 4.69) is 10.6 Å². The van der Waals surface area contributed by atoms with Crippen LogP contribution in [0.4, 0.5) is 22.7 Å². The molecule has 4 aromatic carbocycles. The van der Waals surface area contributed by atoms with Crippen LogP contribution in [0.25, 0.3) is 0 Å². The van der Waals surface area contributed by atoms with Gasteiger partial charge in [-0.25, -0.2) is 8.42 Å². The number of nitrogens with two attached hydrogens (primary N) is 2. The molecule has 0 radical (unpaired) electrons. The van der Waals surface area contributed by atoms with Crippen molar-refractivity contribution in [2.24, 2.45) is 0 Å². The molecule has 37 heavy (non-hydrogen) atoms. The number of sulfone groups is 1. The Bertz CT molecular complexity index is 1520. The number of hydrogen-bond acceptors (Lipinski definition) is 8. The Hall–Kier alpha value is -5.03. The molecule has 0 aromatic heterocycles. The maximum Gasteiger partial charge on any atom is 0.255 e. The molecule has 0 heterocycles. The number of carbonyl (C=O) groups excluding carboxylic acids is 2. The Morgan fingerprint density at radius 1 is 0.622 bits per heavy atom. The van der Waals surface area contributed by atoms with E-state index in [0.717, 1.165) is 24.3 Å². The maximum absolute atomic E-state index is 13.3. The van der Waals surface area contributed by atoms with Gasteiger partial charge < -0.3 is 32.3 Å². The van der Waals surface area contributed by atoms with Crippen molar-refractivity contribution in [2.75, 3.05) is 22.1 Å². The second kappa shape index (κ2) is 9.91. The van der Waals surface area contributed by atoms with E-state index in [1.54, 1.807) is 24.3 Å². The predicted molar refractivity (Wildman–Crippen MR) is 139 cm³/mol. The van der Waals surface area contributed by atoms with Gasteiger partial charge in [0.15, 0.2) is 0 Å². The fourth-order valence-corrected chi connectivity index (χ4v) is 4.76. The molecule has 0 aliphatic rings. The molecule has 188 valence electrons. The Labute approximate surface area is 212 Å². The Morgan fingerprint density at radius 2 is 1.03 bits per heavy atom. The van der Waals surface area contributed by atoms with Gasteiger partial charge in [0.05, 0.1) is 21.2 Å². The normalized spacial score (nSPS) is 11.0. The minimum Gasteiger partial charge on any atom is -0.506 e. The van der Waals surface area contributed by atoms with Crippen LogP contribution in [0.2, 0.25) is 0 Å². The Kier molecular flexibility index (Phi) is 6.72. The number of carbonyl (C=O) groups is 2. The molecule has 2 amide bonds. The average Bonchev–Trinajstić information content (AvgIpc) is 2.86. The van der Waals surface area contributed by atoms with Gasteiger partial charge in [-0.2, -0.15) is 0 Å². The molecule has 0 saturated carbocycles. The van der Waals surface area contributed by atoms with Crippen molar-refractivity contribution in [2.45, 2.75) is 9.79 Å². The number of benzene rings is 4. The number of amides is 2. The number of rotatable bonds is 6. The van der Waals surface area contributed by atoms with Crippen molar-refractivity contribution in [1.29, 1.82) is 0 Å². The number of nitrogen functional groups attached to an aromatic ring is 2. The van der Waals surface area contributed by atoms with Crippen molar-refractivity contribution >= 4 is 44.4 Å². The predicted octanol–water partition coefficient (Wildman–Crippen LogP) is 3.60. The van der Waals surface area contributed by atoms with Gasteiger partial charge >= 0.3 is 0 Å². The standard InChI is InChI=1S/C26H22N4O6S/c27-17-5-1-3-15(11-17)25(33)29-21-13-19(7-9-23(21)31)37(35,36)20-8-10-24(32)22(14-20)30-26(34)16-4-2-6-18(28)12-16/h1-14,31-32H,27-28H2,(H,29,33)(H,30,34). The molecular formula is C26H22N4O6S. The first kappa shape index (κ1) is 25.1. The molecule has 0 atom stereocenters. The summed E-state index contributed by atoms with van der Waals surface area (Å²) in [6.07, 6.45) is 0. The first-order valence-electron chi connectivity index (χ1n) is 10.8. The zero-order valence-electron chi connectivity index (χ0n) is 19.2. The highest BCUT2D eigenvalue weighted by Gasteiger charge is 2.22. The summed E-state index contributed by atoms with van der Waals surface area (Å²) in [5.74, 6) is -1.91. The maximum atomic E-state index is 13.3. The molecule has 10 nitrogen and oxygen atoms in total. The van der Waals surface area contributed by atoms with Gasteiger partial charge in [-0.15, -0.1) is 0 Å². The summed E-state index contributed by atoms with van der Waals surface area (Å²) in [6, 6.07) is 19.1. The zero-order chi connectivity index (χ0) is 26.7. The summed E-state index contributed by atoms with van der Waals surface area (Å²) in [5.41, 5.74) is 12.3. The summed E-state index contributed by atoms with van der Waals surface area (Å²) in [4.78, 5) is 24.7. The van der Waals surface area contributed by atoms with Crippen molar-refractivity contribution in [3.63, 3.8) is 0 Å². The quantitative estimate of drug-likeness (QED) is 0.165. The van der Waals surface area contributed by atoms with E-state index in [-0.39, 0.29) is 43.8 Å². The average molecular weight is 519 g/mol. The van der Waals surface area contributed by atoms with Gasteiger partial charge in [-0.1, -0.05) is 12.1 Å². The van der Waals surface area contributed by atoms with Gasteiger partial charge in [0, 0.05) is 22.5 Å². The third kappa shape index (κ3) is 5.46. The van der Waals surface area contributed by atoms with Crippen LogP contribution < -0.4 is 22.1 Å². The summed E-state index contributed by atoms with van der Waals surface area (Å²) < 4.78 is 26.7.